The zero-order valence-corrected chi connectivity index (χ0v) is 13.1. The van der Waals surface area contributed by atoms with Gasteiger partial charge in [-0.3, -0.25) is 4.79 Å². The van der Waals surface area contributed by atoms with Gasteiger partial charge in [-0.1, -0.05) is 18.2 Å². The van der Waals surface area contributed by atoms with E-state index in [9.17, 15) is 22.8 Å². The molecular formula is C16H15F3N2O4. The molecule has 2 aromatic rings. The number of nitrogens with one attached hydrogen (secondary N) is 1. The van der Waals surface area contributed by atoms with E-state index in [0.717, 1.165) is 0 Å². The zero-order valence-electron chi connectivity index (χ0n) is 13.1. The standard InChI is InChI=1S/C16H15F3N2O4/c1-9-11(21-14(25-9)10-5-3-2-4-6-10)7-13(22)20-12(15(23)24)8-16(17,18)19/h2-6,12H,7-8H2,1H3,(H,20,22)(H,23,24). The van der Waals surface area contributed by atoms with Gasteiger partial charge < -0.3 is 14.8 Å². The van der Waals surface area contributed by atoms with E-state index in [2.05, 4.69) is 4.98 Å². The number of alkyl halides is 3. The van der Waals surface area contributed by atoms with Crippen molar-refractivity contribution in [1.29, 1.82) is 0 Å². The Hall–Kier alpha value is -2.84. The molecule has 1 aromatic heterocycles. The number of carboxylic acid groups (broad SMARTS) is 1. The fraction of sp³-hybridized carbons (Fsp3) is 0.312. The first-order valence-corrected chi connectivity index (χ1v) is 7.26. The van der Waals surface area contributed by atoms with E-state index in [1.54, 1.807) is 37.3 Å². The summed E-state index contributed by atoms with van der Waals surface area (Å²) < 4.78 is 42.5. The van der Waals surface area contributed by atoms with Crippen LogP contribution in [0, 0.1) is 6.92 Å². The number of carboxylic acids is 1. The topological polar surface area (TPSA) is 92.4 Å². The van der Waals surface area contributed by atoms with Gasteiger partial charge in [-0.05, 0) is 19.1 Å². The summed E-state index contributed by atoms with van der Waals surface area (Å²) in [5.41, 5.74) is 0.908. The molecular weight excluding hydrogens is 341 g/mol. The molecule has 0 saturated heterocycles. The second-order valence-corrected chi connectivity index (χ2v) is 5.34. The minimum Gasteiger partial charge on any atom is -0.480 e. The van der Waals surface area contributed by atoms with Crippen molar-refractivity contribution >= 4 is 11.9 Å². The molecule has 2 rings (SSSR count). The summed E-state index contributed by atoms with van der Waals surface area (Å²) in [5.74, 6) is -2.04. The summed E-state index contributed by atoms with van der Waals surface area (Å²) in [7, 11) is 0. The fourth-order valence-electron chi connectivity index (χ4n) is 2.13. The average Bonchev–Trinajstić information content (AvgIpc) is 2.87. The highest BCUT2D eigenvalue weighted by Gasteiger charge is 2.36. The number of aryl methyl sites for hydroxylation is 1. The monoisotopic (exact) mass is 356 g/mol. The molecule has 1 heterocycles. The quantitative estimate of drug-likeness (QED) is 0.830. The van der Waals surface area contributed by atoms with Gasteiger partial charge in [0.2, 0.25) is 11.8 Å². The molecule has 9 heteroatoms. The second-order valence-electron chi connectivity index (χ2n) is 5.34. The highest BCUT2D eigenvalue weighted by atomic mass is 19.4. The van der Waals surface area contributed by atoms with Crippen LogP contribution < -0.4 is 5.32 Å². The van der Waals surface area contributed by atoms with E-state index in [1.165, 1.54) is 0 Å². The smallest absolute Gasteiger partial charge is 0.391 e. The molecule has 0 radical (unpaired) electrons. The minimum absolute atomic E-state index is 0.229. The Labute approximate surface area is 140 Å². The van der Waals surface area contributed by atoms with Gasteiger partial charge in [0, 0.05) is 5.56 Å². The minimum atomic E-state index is -4.71. The van der Waals surface area contributed by atoms with Crippen LogP contribution in [-0.4, -0.2) is 34.2 Å². The highest BCUT2D eigenvalue weighted by molar-refractivity contribution is 5.84. The molecule has 0 saturated carbocycles. The molecule has 0 aliphatic heterocycles. The van der Waals surface area contributed by atoms with Crippen LogP contribution in [0.3, 0.4) is 0 Å². The van der Waals surface area contributed by atoms with E-state index < -0.39 is 30.5 Å². The Bertz CT molecular complexity index is 756. The lowest BCUT2D eigenvalue weighted by Gasteiger charge is -2.15. The number of oxazole rings is 1. The molecule has 0 aliphatic rings. The Kier molecular flexibility index (Phi) is 5.45. The van der Waals surface area contributed by atoms with Crippen molar-refractivity contribution in [3.63, 3.8) is 0 Å². The highest BCUT2D eigenvalue weighted by Crippen LogP contribution is 2.23. The number of carbonyl (C=O) groups is 2. The summed E-state index contributed by atoms with van der Waals surface area (Å²) in [6, 6.07) is 6.80. The van der Waals surface area contributed by atoms with Gasteiger partial charge in [-0.2, -0.15) is 13.2 Å². The maximum absolute atomic E-state index is 12.4. The number of carbonyl (C=O) groups excluding carboxylic acids is 1. The lowest BCUT2D eigenvalue weighted by molar-refractivity contribution is -0.159. The molecule has 1 atom stereocenters. The summed E-state index contributed by atoms with van der Waals surface area (Å²) in [5, 5.41) is 10.7. The zero-order chi connectivity index (χ0) is 18.6. The Balaban J connectivity index is 2.07. The number of aromatic nitrogens is 1. The largest absolute Gasteiger partial charge is 0.480 e. The number of hydrogen-bond acceptors (Lipinski definition) is 4. The number of benzene rings is 1. The van der Waals surface area contributed by atoms with Crippen molar-refractivity contribution in [2.24, 2.45) is 0 Å². The first-order valence-electron chi connectivity index (χ1n) is 7.26. The van der Waals surface area contributed by atoms with Gasteiger partial charge in [0.15, 0.2) is 0 Å². The van der Waals surface area contributed by atoms with Gasteiger partial charge in [0.1, 0.15) is 11.8 Å². The van der Waals surface area contributed by atoms with Gasteiger partial charge >= 0.3 is 12.1 Å². The molecule has 2 N–H and O–H groups in total. The number of halogens is 3. The number of aliphatic carboxylic acids is 1. The number of hydrogen-bond donors (Lipinski definition) is 2. The molecule has 1 amide bonds. The summed E-state index contributed by atoms with van der Waals surface area (Å²) in [6.45, 7) is 1.56. The summed E-state index contributed by atoms with van der Waals surface area (Å²) in [6.07, 6.45) is -6.74. The number of nitrogens with zero attached hydrogens (tertiary/aromatic N) is 1. The molecule has 1 aromatic carbocycles. The van der Waals surface area contributed by atoms with Crippen LogP contribution >= 0.6 is 0 Å². The van der Waals surface area contributed by atoms with E-state index in [1.807, 2.05) is 5.32 Å². The van der Waals surface area contributed by atoms with Crippen LogP contribution in [0.25, 0.3) is 11.5 Å². The van der Waals surface area contributed by atoms with Crippen LogP contribution in [0.15, 0.2) is 34.7 Å². The van der Waals surface area contributed by atoms with Crippen molar-refractivity contribution in [2.75, 3.05) is 0 Å². The molecule has 0 fully saturated rings. The lowest BCUT2D eigenvalue weighted by atomic mass is 10.2. The van der Waals surface area contributed by atoms with Crippen molar-refractivity contribution in [2.45, 2.75) is 32.0 Å². The maximum atomic E-state index is 12.4. The van der Waals surface area contributed by atoms with Crippen molar-refractivity contribution in [1.82, 2.24) is 10.3 Å². The first-order chi connectivity index (χ1) is 11.7. The van der Waals surface area contributed by atoms with Gasteiger partial charge in [-0.15, -0.1) is 0 Å². The molecule has 6 nitrogen and oxygen atoms in total. The third kappa shape index (κ3) is 5.33. The molecule has 0 spiro atoms. The maximum Gasteiger partial charge on any atom is 0.391 e. The number of amides is 1. The van der Waals surface area contributed by atoms with Crippen LogP contribution in [0.1, 0.15) is 17.9 Å². The van der Waals surface area contributed by atoms with Gasteiger partial charge in [0.05, 0.1) is 18.5 Å². The predicted molar refractivity (Wildman–Crippen MR) is 80.6 cm³/mol. The lowest BCUT2D eigenvalue weighted by Crippen LogP contribution is -2.44. The Morgan fingerprint density at radius 2 is 1.92 bits per heavy atom. The molecule has 0 aliphatic carbocycles. The van der Waals surface area contributed by atoms with Gasteiger partial charge in [0.25, 0.3) is 0 Å². The average molecular weight is 356 g/mol. The van der Waals surface area contributed by atoms with E-state index in [0.29, 0.717) is 11.3 Å². The Morgan fingerprint density at radius 3 is 2.48 bits per heavy atom. The van der Waals surface area contributed by atoms with Crippen molar-refractivity contribution in [3.8, 4) is 11.5 Å². The molecule has 0 bridgehead atoms. The SMILES string of the molecule is Cc1oc(-c2ccccc2)nc1CC(=O)NC(CC(F)(F)F)C(=O)O. The molecule has 25 heavy (non-hydrogen) atoms. The Morgan fingerprint density at radius 1 is 1.28 bits per heavy atom. The predicted octanol–water partition coefficient (Wildman–Crippen LogP) is 2.71. The van der Waals surface area contributed by atoms with Crippen molar-refractivity contribution < 1.29 is 32.3 Å². The van der Waals surface area contributed by atoms with Crippen LogP contribution in [0.4, 0.5) is 13.2 Å². The summed E-state index contributed by atoms with van der Waals surface area (Å²) in [4.78, 5) is 26.9. The fourth-order valence-corrected chi connectivity index (χ4v) is 2.13. The van der Waals surface area contributed by atoms with Crippen LogP contribution in [0.2, 0.25) is 0 Å². The third-order valence-corrected chi connectivity index (χ3v) is 3.31. The van der Waals surface area contributed by atoms with Gasteiger partial charge in [-0.25, -0.2) is 9.78 Å². The molecule has 134 valence electrons. The first kappa shape index (κ1) is 18.5. The summed E-state index contributed by atoms with van der Waals surface area (Å²) >= 11 is 0. The van der Waals surface area contributed by atoms with Crippen LogP contribution in [0.5, 0.6) is 0 Å². The number of rotatable bonds is 6. The third-order valence-electron chi connectivity index (χ3n) is 3.31. The molecule has 1 unspecified atom stereocenters. The second kappa shape index (κ2) is 7.37. The van der Waals surface area contributed by atoms with E-state index >= 15 is 0 Å². The normalized spacial score (nSPS) is 12.6. The van der Waals surface area contributed by atoms with Crippen molar-refractivity contribution in [3.05, 3.63) is 41.8 Å². The van der Waals surface area contributed by atoms with Crippen LogP contribution in [-0.2, 0) is 16.0 Å². The van der Waals surface area contributed by atoms with E-state index in [4.69, 9.17) is 9.52 Å². The van der Waals surface area contributed by atoms with E-state index in [-0.39, 0.29) is 18.0 Å².